The highest BCUT2D eigenvalue weighted by Gasteiger charge is 2.23. The molecule has 25 heavy (non-hydrogen) atoms. The van der Waals surface area contributed by atoms with Crippen molar-refractivity contribution in [3.63, 3.8) is 0 Å². The number of carbonyl (C=O) groups excluding carboxylic acids is 1. The topological polar surface area (TPSA) is 82.2 Å². The maximum atomic E-state index is 12.6. The van der Waals surface area contributed by atoms with Crippen LogP contribution in [-0.4, -0.2) is 28.8 Å². The molecule has 0 aliphatic rings. The molecule has 0 fully saturated rings. The maximum absolute atomic E-state index is 12.6. The molecule has 0 aliphatic carbocycles. The van der Waals surface area contributed by atoms with E-state index in [0.717, 1.165) is 17.9 Å². The monoisotopic (exact) mass is 366 g/mol. The van der Waals surface area contributed by atoms with Crippen molar-refractivity contribution in [2.75, 3.05) is 18.5 Å². The number of nitrogens with one attached hydrogen (secondary N) is 1. The lowest BCUT2D eigenvalue weighted by Crippen LogP contribution is -2.26. The Morgan fingerprint density at radius 3 is 2.44 bits per heavy atom. The molecule has 0 unspecified atom stereocenters. The van der Waals surface area contributed by atoms with E-state index < -0.39 is 0 Å². The summed E-state index contributed by atoms with van der Waals surface area (Å²) in [5, 5.41) is 7.30. The molecule has 1 amide bonds. The average molecular weight is 367 g/mol. The number of nitrogens with two attached hydrogens (primary N) is 1. The first-order valence-corrected chi connectivity index (χ1v) is 8.18. The van der Waals surface area contributed by atoms with Gasteiger partial charge in [-0.1, -0.05) is 6.92 Å². The fraction of sp³-hybridized carbons (Fsp3) is 0.444. The Kier molecular flexibility index (Phi) is 7.45. The second-order valence-electron chi connectivity index (χ2n) is 6.56. The van der Waals surface area contributed by atoms with Gasteiger partial charge in [-0.05, 0) is 51.5 Å². The highest BCUT2D eigenvalue weighted by atomic mass is 35.5. The Morgan fingerprint density at radius 1 is 1.28 bits per heavy atom. The van der Waals surface area contributed by atoms with Crippen LogP contribution in [0.4, 0.5) is 5.69 Å². The summed E-state index contributed by atoms with van der Waals surface area (Å²) in [4.78, 5) is 12.6. The van der Waals surface area contributed by atoms with Gasteiger partial charge in [0.15, 0.2) is 0 Å². The van der Waals surface area contributed by atoms with Gasteiger partial charge in [0.2, 0.25) is 0 Å². The number of carbonyl (C=O) groups is 1. The molecule has 2 rings (SSSR count). The van der Waals surface area contributed by atoms with Crippen LogP contribution in [0, 0.1) is 0 Å². The first kappa shape index (κ1) is 21.0. The van der Waals surface area contributed by atoms with E-state index in [1.54, 1.807) is 6.20 Å². The average Bonchev–Trinajstić information content (AvgIpc) is 2.98. The van der Waals surface area contributed by atoms with E-state index in [1.165, 1.54) is 0 Å². The lowest BCUT2D eigenvalue weighted by Gasteiger charge is -2.22. The van der Waals surface area contributed by atoms with Crippen molar-refractivity contribution < 1.29 is 9.53 Å². The quantitative estimate of drug-likeness (QED) is 0.822. The molecule has 0 radical (unpaired) electrons. The number of hydrogen-bond donors (Lipinski definition) is 2. The molecule has 138 valence electrons. The van der Waals surface area contributed by atoms with Gasteiger partial charge in [0.25, 0.3) is 5.91 Å². The molecule has 7 heteroatoms. The molecule has 0 bridgehead atoms. The van der Waals surface area contributed by atoms with Crippen LogP contribution in [0.5, 0.6) is 5.75 Å². The highest BCUT2D eigenvalue weighted by Crippen LogP contribution is 2.21. The zero-order chi connectivity index (χ0) is 17.7. The lowest BCUT2D eigenvalue weighted by molar-refractivity contribution is 0.102. The number of benzene rings is 1. The smallest absolute Gasteiger partial charge is 0.259 e. The second-order valence-corrected chi connectivity index (χ2v) is 6.56. The molecule has 1 aromatic carbocycles. The third-order valence-electron chi connectivity index (χ3n) is 3.58. The lowest BCUT2D eigenvalue weighted by atomic mass is 10.1. The molecule has 1 heterocycles. The van der Waals surface area contributed by atoms with Crippen LogP contribution in [0.3, 0.4) is 0 Å². The number of amides is 1. The summed E-state index contributed by atoms with van der Waals surface area (Å²) in [6.45, 7) is 9.18. The van der Waals surface area contributed by atoms with Crippen LogP contribution in [-0.2, 0) is 12.0 Å². The van der Waals surface area contributed by atoms with Crippen molar-refractivity contribution in [1.82, 2.24) is 9.78 Å². The largest absolute Gasteiger partial charge is 0.492 e. The number of ether oxygens (including phenoxy) is 1. The first-order chi connectivity index (χ1) is 11.4. The van der Waals surface area contributed by atoms with Crippen LogP contribution in [0.15, 0.2) is 30.5 Å². The van der Waals surface area contributed by atoms with Crippen LogP contribution in [0.2, 0.25) is 0 Å². The summed E-state index contributed by atoms with van der Waals surface area (Å²) in [5.74, 6) is 0.575. The molecule has 3 N–H and O–H groups in total. The van der Waals surface area contributed by atoms with E-state index in [9.17, 15) is 4.79 Å². The van der Waals surface area contributed by atoms with Crippen LogP contribution >= 0.6 is 12.4 Å². The van der Waals surface area contributed by atoms with Gasteiger partial charge in [-0.3, -0.25) is 9.48 Å². The third kappa shape index (κ3) is 5.21. The van der Waals surface area contributed by atoms with Gasteiger partial charge in [-0.15, -0.1) is 12.4 Å². The summed E-state index contributed by atoms with van der Waals surface area (Å²) in [7, 11) is 0. The normalized spacial score (nSPS) is 10.9. The van der Waals surface area contributed by atoms with Gasteiger partial charge in [0, 0.05) is 12.2 Å². The fourth-order valence-electron chi connectivity index (χ4n) is 2.49. The number of rotatable bonds is 6. The molecule has 0 spiro atoms. The van der Waals surface area contributed by atoms with Gasteiger partial charge in [0.05, 0.1) is 23.0 Å². The molecular weight excluding hydrogens is 340 g/mol. The molecule has 6 nitrogen and oxygen atoms in total. The van der Waals surface area contributed by atoms with Gasteiger partial charge in [0.1, 0.15) is 12.4 Å². The van der Waals surface area contributed by atoms with E-state index in [1.807, 2.05) is 35.9 Å². The summed E-state index contributed by atoms with van der Waals surface area (Å²) >= 11 is 0. The van der Waals surface area contributed by atoms with E-state index >= 15 is 0 Å². The number of hydrogen-bond acceptors (Lipinski definition) is 4. The van der Waals surface area contributed by atoms with Gasteiger partial charge in [-0.25, -0.2) is 0 Å². The predicted molar refractivity (Wildman–Crippen MR) is 103 cm³/mol. The van der Waals surface area contributed by atoms with Crippen LogP contribution in [0.1, 0.15) is 43.7 Å². The third-order valence-corrected chi connectivity index (χ3v) is 3.58. The fourth-order valence-corrected chi connectivity index (χ4v) is 2.49. The SMILES string of the molecule is CCc1c(C(=O)Nc2ccc(OCCN)cc2)cnn1C(C)(C)C.Cl. The van der Waals surface area contributed by atoms with Crippen molar-refractivity contribution in [3.05, 3.63) is 41.7 Å². The number of halogens is 1. The minimum absolute atomic E-state index is 0. The first-order valence-electron chi connectivity index (χ1n) is 8.18. The zero-order valence-corrected chi connectivity index (χ0v) is 16.0. The van der Waals surface area contributed by atoms with Crippen LogP contribution < -0.4 is 15.8 Å². The molecule has 0 saturated heterocycles. The van der Waals surface area contributed by atoms with Crippen molar-refractivity contribution in [2.24, 2.45) is 5.73 Å². The number of aromatic nitrogens is 2. The summed E-state index contributed by atoms with van der Waals surface area (Å²) < 4.78 is 7.33. The number of anilines is 1. The van der Waals surface area contributed by atoms with Crippen LogP contribution in [0.25, 0.3) is 0 Å². The van der Waals surface area contributed by atoms with E-state index in [2.05, 4.69) is 31.2 Å². The van der Waals surface area contributed by atoms with Gasteiger partial charge < -0.3 is 15.8 Å². The maximum Gasteiger partial charge on any atom is 0.259 e. The van der Waals surface area contributed by atoms with Crippen molar-refractivity contribution in [3.8, 4) is 5.75 Å². The second kappa shape index (κ2) is 8.87. The van der Waals surface area contributed by atoms with Gasteiger partial charge >= 0.3 is 0 Å². The predicted octanol–water partition coefficient (Wildman–Crippen LogP) is 3.21. The molecule has 0 saturated carbocycles. The minimum Gasteiger partial charge on any atom is -0.492 e. The Labute approximate surface area is 155 Å². The van der Waals surface area contributed by atoms with Gasteiger partial charge in [-0.2, -0.15) is 5.10 Å². The van der Waals surface area contributed by atoms with Crippen molar-refractivity contribution >= 4 is 24.0 Å². The summed E-state index contributed by atoms with van der Waals surface area (Å²) in [6.07, 6.45) is 2.38. The standard InChI is InChI=1S/C18H26N4O2.ClH/c1-5-16-15(12-20-22(16)18(2,3)4)17(23)21-13-6-8-14(9-7-13)24-11-10-19;/h6-9,12H,5,10-11,19H2,1-4H3,(H,21,23);1H. The number of nitrogens with zero attached hydrogens (tertiary/aromatic N) is 2. The molecule has 2 aromatic rings. The Hall–Kier alpha value is -2.05. The highest BCUT2D eigenvalue weighted by molar-refractivity contribution is 6.05. The molecule has 0 atom stereocenters. The van der Waals surface area contributed by atoms with E-state index in [4.69, 9.17) is 10.5 Å². The molecular formula is C18H27ClN4O2. The summed E-state index contributed by atoms with van der Waals surface area (Å²) in [5.41, 5.74) is 7.50. The van der Waals surface area contributed by atoms with E-state index in [0.29, 0.717) is 24.4 Å². The summed E-state index contributed by atoms with van der Waals surface area (Å²) in [6, 6.07) is 7.24. The zero-order valence-electron chi connectivity index (χ0n) is 15.2. The Balaban J connectivity index is 0.00000312. The Morgan fingerprint density at radius 2 is 1.92 bits per heavy atom. The molecule has 1 aromatic heterocycles. The van der Waals surface area contributed by atoms with Crippen molar-refractivity contribution in [2.45, 2.75) is 39.7 Å². The molecule has 0 aliphatic heterocycles. The Bertz CT molecular complexity index is 690. The van der Waals surface area contributed by atoms with Crippen molar-refractivity contribution in [1.29, 1.82) is 0 Å². The van der Waals surface area contributed by atoms with E-state index in [-0.39, 0.29) is 23.9 Å². The minimum atomic E-state index is -0.161.